The van der Waals surface area contributed by atoms with Gasteiger partial charge in [0, 0.05) is 0 Å². The average molecular weight is 221 g/mol. The Morgan fingerprint density at radius 2 is 1.67 bits per heavy atom. The third-order valence-corrected chi connectivity index (χ3v) is 4.31. The second-order valence-corrected chi connectivity index (χ2v) is 5.26. The van der Waals surface area contributed by atoms with Crippen molar-refractivity contribution in [3.05, 3.63) is 0 Å². The Hall–Kier alpha value is 1.20. The minimum Gasteiger partial charge on any atom is -0.211 e. The van der Waals surface area contributed by atoms with E-state index in [-0.39, 0.29) is 34.8 Å². The van der Waals surface area contributed by atoms with Gasteiger partial charge >= 0.3 is 29.6 Å². The molecule has 66 valence electrons. The topological polar surface area (TPSA) is 46.2 Å². The molecule has 0 spiro atoms. The van der Waals surface area contributed by atoms with Crippen LogP contribution in [0.25, 0.3) is 0 Å². The zero-order valence-electron chi connectivity index (χ0n) is 7.22. The van der Waals surface area contributed by atoms with Gasteiger partial charge in [-0.25, -0.2) is 8.42 Å². The molecule has 1 rings (SSSR count). The van der Waals surface area contributed by atoms with Gasteiger partial charge in [0.1, 0.15) is 0 Å². The van der Waals surface area contributed by atoms with E-state index in [0.717, 1.165) is 32.1 Å². The van der Waals surface area contributed by atoms with Gasteiger partial charge in [-0.3, -0.25) is 0 Å². The summed E-state index contributed by atoms with van der Waals surface area (Å²) in [5, 5.41) is -0.256. The first-order chi connectivity index (χ1) is 5.17. The van der Waals surface area contributed by atoms with Gasteiger partial charge in [0.15, 0.2) is 0 Å². The van der Waals surface area contributed by atoms with Crippen LogP contribution in [0.2, 0.25) is 0 Å². The smallest absolute Gasteiger partial charge is 0.211 e. The first-order valence-electron chi connectivity index (χ1n) is 3.78. The summed E-state index contributed by atoms with van der Waals surface area (Å²) in [5.74, 6) is 0. The van der Waals surface area contributed by atoms with Gasteiger partial charge < -0.3 is 0 Å². The number of hydrogen-bond donors (Lipinski definition) is 1. The van der Waals surface area contributed by atoms with E-state index < -0.39 is 10.0 Å². The molecule has 0 aromatic rings. The van der Waals surface area contributed by atoms with Crippen LogP contribution < -0.4 is 33.8 Å². The van der Waals surface area contributed by atoms with E-state index in [1.165, 1.54) is 0 Å². The van der Waals surface area contributed by atoms with Crippen molar-refractivity contribution < 1.29 is 38.0 Å². The minimum atomic E-state index is -3.21. The molecule has 0 unspecified atom stereocenters. The Bertz CT molecular complexity index is 214. The van der Waals surface area contributed by atoms with Crippen LogP contribution in [0.5, 0.6) is 0 Å². The Morgan fingerprint density at radius 1 is 1.17 bits per heavy atom. The van der Waals surface area contributed by atoms with Gasteiger partial charge in [-0.1, -0.05) is 19.3 Å². The van der Waals surface area contributed by atoms with Crippen LogP contribution in [0.4, 0.5) is 0 Å². The summed E-state index contributed by atoms with van der Waals surface area (Å²) in [4.78, 5) is 0. The van der Waals surface area contributed by atoms with Gasteiger partial charge in [0.05, 0.1) is 5.25 Å². The molecule has 0 aliphatic heterocycles. The van der Waals surface area contributed by atoms with Crippen molar-refractivity contribution in [1.29, 1.82) is 0 Å². The number of rotatable bonds is 2. The fourth-order valence-electron chi connectivity index (χ4n) is 1.44. The third kappa shape index (κ3) is 3.52. The molecule has 1 saturated carbocycles. The summed E-state index contributed by atoms with van der Waals surface area (Å²) in [6.45, 7) is 0. The van der Waals surface area contributed by atoms with Crippen LogP contribution in [0.15, 0.2) is 0 Å². The van der Waals surface area contributed by atoms with Crippen LogP contribution >= 0.6 is 11.8 Å². The van der Waals surface area contributed by atoms with E-state index in [9.17, 15) is 8.42 Å². The van der Waals surface area contributed by atoms with E-state index in [0.29, 0.717) is 0 Å². The zero-order chi connectivity index (χ0) is 8.32. The number of hydrogen-bond acceptors (Lipinski definition) is 2. The first-order valence-corrected chi connectivity index (χ1v) is 5.70. The first kappa shape index (κ1) is 13.2. The SMILES string of the molecule is O=S(=O)(NCl)C1CCCCC1.[Na+]. The number of halogens is 1. The molecule has 1 N–H and O–H groups in total. The van der Waals surface area contributed by atoms with Crippen molar-refractivity contribution in [2.45, 2.75) is 37.4 Å². The van der Waals surface area contributed by atoms with Crippen molar-refractivity contribution in [2.75, 3.05) is 0 Å². The predicted octanol–water partition coefficient (Wildman–Crippen LogP) is -1.60. The number of nitrogens with one attached hydrogen (secondary N) is 1. The summed E-state index contributed by atoms with van der Waals surface area (Å²) in [7, 11) is -3.21. The van der Waals surface area contributed by atoms with Gasteiger partial charge in [-0.2, -0.15) is 0 Å². The molecule has 1 fully saturated rings. The molecule has 0 aromatic carbocycles. The van der Waals surface area contributed by atoms with Crippen molar-refractivity contribution in [3.8, 4) is 0 Å². The zero-order valence-corrected chi connectivity index (χ0v) is 10.8. The predicted molar refractivity (Wildman–Crippen MR) is 44.8 cm³/mol. The molecule has 0 radical (unpaired) electrons. The summed E-state index contributed by atoms with van der Waals surface area (Å²) in [6.07, 6.45) is 4.66. The molecular formula is C6H12ClNNaO2S+. The maximum atomic E-state index is 11.1. The van der Waals surface area contributed by atoms with E-state index in [1.807, 2.05) is 4.24 Å². The molecule has 6 heteroatoms. The Labute approximate surface area is 101 Å². The van der Waals surface area contributed by atoms with Crippen LogP contribution in [0.1, 0.15) is 32.1 Å². The molecule has 3 nitrogen and oxygen atoms in total. The molecule has 0 atom stereocenters. The second-order valence-electron chi connectivity index (χ2n) is 2.88. The average Bonchev–Trinajstić information content (AvgIpc) is 2.06. The summed E-state index contributed by atoms with van der Waals surface area (Å²) in [6, 6.07) is 0. The van der Waals surface area contributed by atoms with Crippen molar-refractivity contribution in [1.82, 2.24) is 4.24 Å². The fraction of sp³-hybridized carbons (Fsp3) is 1.00. The van der Waals surface area contributed by atoms with Gasteiger partial charge in [0.25, 0.3) is 0 Å². The molecular weight excluding hydrogens is 209 g/mol. The summed E-state index contributed by atoms with van der Waals surface area (Å²) >= 11 is 5.09. The molecule has 0 bridgehead atoms. The molecule has 0 amide bonds. The Kier molecular flexibility index (Phi) is 6.41. The van der Waals surface area contributed by atoms with E-state index in [2.05, 4.69) is 0 Å². The van der Waals surface area contributed by atoms with Gasteiger partial charge in [-0.05, 0) is 24.6 Å². The second kappa shape index (κ2) is 5.83. The summed E-state index contributed by atoms with van der Waals surface area (Å²) in [5.41, 5.74) is 0. The fourth-order valence-corrected chi connectivity index (χ4v) is 2.90. The molecule has 0 heterocycles. The van der Waals surface area contributed by atoms with Crippen LogP contribution in [-0.2, 0) is 10.0 Å². The van der Waals surface area contributed by atoms with E-state index in [4.69, 9.17) is 11.8 Å². The number of sulfonamides is 1. The standard InChI is InChI=1S/C6H12ClNO2S.Na/c7-8-11(9,10)6-4-2-1-3-5-6;/h6,8H,1-5H2;/q;+1. The molecule has 1 aliphatic rings. The maximum Gasteiger partial charge on any atom is 1.00 e. The van der Waals surface area contributed by atoms with Crippen molar-refractivity contribution >= 4 is 21.8 Å². The Morgan fingerprint density at radius 3 is 2.08 bits per heavy atom. The van der Waals surface area contributed by atoms with Crippen molar-refractivity contribution in [2.24, 2.45) is 0 Å². The minimum absolute atomic E-state index is 0. The monoisotopic (exact) mass is 220 g/mol. The largest absolute Gasteiger partial charge is 1.00 e. The van der Waals surface area contributed by atoms with Crippen LogP contribution in [-0.4, -0.2) is 13.7 Å². The van der Waals surface area contributed by atoms with Gasteiger partial charge in [-0.15, -0.1) is 4.24 Å². The van der Waals surface area contributed by atoms with E-state index in [1.54, 1.807) is 0 Å². The molecule has 12 heavy (non-hydrogen) atoms. The van der Waals surface area contributed by atoms with E-state index >= 15 is 0 Å². The Balaban J connectivity index is 0.00000121. The molecule has 0 aromatic heterocycles. The van der Waals surface area contributed by atoms with Crippen LogP contribution in [0.3, 0.4) is 0 Å². The van der Waals surface area contributed by atoms with Gasteiger partial charge in [0.2, 0.25) is 10.0 Å². The quantitative estimate of drug-likeness (QED) is 0.450. The maximum absolute atomic E-state index is 11.1. The normalized spacial score (nSPS) is 20.1. The van der Waals surface area contributed by atoms with Crippen LogP contribution in [0, 0.1) is 0 Å². The molecule has 0 saturated heterocycles. The molecule has 1 aliphatic carbocycles. The van der Waals surface area contributed by atoms with Crippen molar-refractivity contribution in [3.63, 3.8) is 0 Å². The summed E-state index contributed by atoms with van der Waals surface area (Å²) < 4.78 is 24.1. The third-order valence-electron chi connectivity index (χ3n) is 2.10.